The first-order chi connectivity index (χ1) is 18.9. The molecular formula is C26H24F6N6O2. The summed E-state index contributed by atoms with van der Waals surface area (Å²) in [4.78, 5) is 12.2. The molecule has 212 valence electrons. The van der Waals surface area contributed by atoms with E-state index in [4.69, 9.17) is 4.42 Å². The first kappa shape index (κ1) is 27.5. The maximum absolute atomic E-state index is 12.7. The molecule has 0 aliphatic carbocycles. The van der Waals surface area contributed by atoms with E-state index in [1.807, 2.05) is 24.0 Å². The van der Waals surface area contributed by atoms with E-state index in [9.17, 15) is 26.3 Å². The van der Waals surface area contributed by atoms with Gasteiger partial charge in [-0.05, 0) is 55.0 Å². The number of hydrogen-bond acceptors (Lipinski definition) is 7. The van der Waals surface area contributed by atoms with Gasteiger partial charge in [0, 0.05) is 43.6 Å². The zero-order valence-electron chi connectivity index (χ0n) is 21.2. The van der Waals surface area contributed by atoms with Gasteiger partial charge in [0.15, 0.2) is 0 Å². The van der Waals surface area contributed by atoms with Crippen LogP contribution < -0.4 is 9.64 Å². The van der Waals surface area contributed by atoms with Crippen LogP contribution in [0, 0.1) is 6.92 Å². The van der Waals surface area contributed by atoms with Crippen molar-refractivity contribution in [2.24, 2.45) is 0 Å². The van der Waals surface area contributed by atoms with Gasteiger partial charge in [0.2, 0.25) is 5.89 Å². The van der Waals surface area contributed by atoms with Gasteiger partial charge < -0.3 is 14.1 Å². The summed E-state index contributed by atoms with van der Waals surface area (Å²) in [7, 11) is 0. The molecule has 0 saturated carbocycles. The molecule has 8 nitrogen and oxygen atoms in total. The Labute approximate surface area is 224 Å². The highest BCUT2D eigenvalue weighted by molar-refractivity contribution is 5.62. The van der Waals surface area contributed by atoms with E-state index in [0.717, 1.165) is 11.3 Å². The third kappa shape index (κ3) is 6.92. The molecule has 1 aromatic carbocycles. The fourth-order valence-electron chi connectivity index (χ4n) is 4.42. The largest absolute Gasteiger partial charge is 0.573 e. The quantitative estimate of drug-likeness (QED) is 0.272. The SMILES string of the molecule is Cc1cc(-c2nc(-c3ccc(OC(F)(F)F)cc3)co2)nn1Cc1ccnc(N2CCN(CC(F)(F)F)CC2)c1. The molecule has 0 bridgehead atoms. The summed E-state index contributed by atoms with van der Waals surface area (Å²) in [6, 6.07) is 10.8. The average Bonchev–Trinajstić information content (AvgIpc) is 3.51. The van der Waals surface area contributed by atoms with Crippen LogP contribution in [0.25, 0.3) is 22.8 Å². The third-order valence-electron chi connectivity index (χ3n) is 6.33. The van der Waals surface area contributed by atoms with E-state index >= 15 is 0 Å². The van der Waals surface area contributed by atoms with E-state index in [1.54, 1.807) is 16.9 Å². The van der Waals surface area contributed by atoms with Gasteiger partial charge in [-0.1, -0.05) is 0 Å². The molecule has 0 atom stereocenters. The predicted molar refractivity (Wildman–Crippen MR) is 133 cm³/mol. The van der Waals surface area contributed by atoms with Crippen LogP contribution in [0.4, 0.5) is 32.2 Å². The summed E-state index contributed by atoms with van der Waals surface area (Å²) in [5, 5.41) is 4.59. The van der Waals surface area contributed by atoms with Crippen molar-refractivity contribution in [3.8, 4) is 28.6 Å². The Balaban J connectivity index is 1.24. The van der Waals surface area contributed by atoms with E-state index in [1.165, 1.54) is 35.4 Å². The highest BCUT2D eigenvalue weighted by Gasteiger charge is 2.32. The van der Waals surface area contributed by atoms with E-state index in [0.29, 0.717) is 55.5 Å². The molecular weight excluding hydrogens is 542 g/mol. The molecule has 1 saturated heterocycles. The molecule has 4 heterocycles. The van der Waals surface area contributed by atoms with Crippen LogP contribution in [0.1, 0.15) is 11.3 Å². The molecule has 1 fully saturated rings. The van der Waals surface area contributed by atoms with Gasteiger partial charge in [0.25, 0.3) is 0 Å². The number of piperazine rings is 1. The predicted octanol–water partition coefficient (Wildman–Crippen LogP) is 5.54. The summed E-state index contributed by atoms with van der Waals surface area (Å²) in [6.45, 7) is 2.88. The Morgan fingerprint density at radius 3 is 2.33 bits per heavy atom. The first-order valence-corrected chi connectivity index (χ1v) is 12.3. The van der Waals surface area contributed by atoms with Gasteiger partial charge in [-0.15, -0.1) is 13.2 Å². The van der Waals surface area contributed by atoms with Gasteiger partial charge in [-0.3, -0.25) is 9.58 Å². The Hall–Kier alpha value is -4.07. The Bertz CT molecular complexity index is 1440. The fourth-order valence-corrected chi connectivity index (χ4v) is 4.42. The van der Waals surface area contributed by atoms with E-state index in [-0.39, 0.29) is 11.6 Å². The van der Waals surface area contributed by atoms with Gasteiger partial charge in [-0.25, -0.2) is 9.97 Å². The molecule has 3 aromatic heterocycles. The van der Waals surface area contributed by atoms with Crippen LogP contribution in [-0.4, -0.2) is 69.9 Å². The van der Waals surface area contributed by atoms with Gasteiger partial charge in [0.1, 0.15) is 29.2 Å². The van der Waals surface area contributed by atoms with Gasteiger partial charge in [-0.2, -0.15) is 18.3 Å². The lowest BCUT2D eigenvalue weighted by molar-refractivity contribution is -0.274. The van der Waals surface area contributed by atoms with Crippen molar-refractivity contribution in [1.82, 2.24) is 24.6 Å². The van der Waals surface area contributed by atoms with Gasteiger partial charge >= 0.3 is 12.5 Å². The second-order valence-corrected chi connectivity index (χ2v) is 9.34. The summed E-state index contributed by atoms with van der Waals surface area (Å²) >= 11 is 0. The zero-order chi connectivity index (χ0) is 28.5. The molecule has 0 amide bonds. The van der Waals surface area contributed by atoms with Crippen molar-refractivity contribution < 1.29 is 35.5 Å². The fraction of sp³-hybridized carbons (Fsp3) is 0.346. The maximum Gasteiger partial charge on any atom is 0.573 e. The zero-order valence-corrected chi connectivity index (χ0v) is 21.2. The number of halogens is 6. The summed E-state index contributed by atoms with van der Waals surface area (Å²) in [5.41, 5.74) is 3.20. The lowest BCUT2D eigenvalue weighted by Crippen LogP contribution is -2.49. The number of oxazole rings is 1. The van der Waals surface area contributed by atoms with Crippen molar-refractivity contribution in [3.05, 3.63) is 66.2 Å². The molecule has 0 unspecified atom stereocenters. The van der Waals surface area contributed by atoms with E-state index < -0.39 is 19.1 Å². The summed E-state index contributed by atoms with van der Waals surface area (Å²) < 4.78 is 86.5. The number of hydrogen-bond donors (Lipinski definition) is 0. The number of benzene rings is 1. The molecule has 14 heteroatoms. The first-order valence-electron chi connectivity index (χ1n) is 12.3. The highest BCUT2D eigenvalue weighted by atomic mass is 19.4. The molecule has 5 rings (SSSR count). The van der Waals surface area contributed by atoms with Crippen LogP contribution in [0.15, 0.2) is 59.3 Å². The Morgan fingerprint density at radius 2 is 1.65 bits per heavy atom. The minimum atomic E-state index is -4.77. The third-order valence-corrected chi connectivity index (χ3v) is 6.33. The second kappa shape index (κ2) is 10.8. The number of aryl methyl sites for hydroxylation is 1. The Morgan fingerprint density at radius 1 is 0.925 bits per heavy atom. The van der Waals surface area contributed by atoms with Crippen LogP contribution in [0.2, 0.25) is 0 Å². The van der Waals surface area contributed by atoms with Crippen molar-refractivity contribution in [2.45, 2.75) is 26.0 Å². The maximum atomic E-state index is 12.7. The molecule has 40 heavy (non-hydrogen) atoms. The highest BCUT2D eigenvalue weighted by Crippen LogP contribution is 2.28. The van der Waals surface area contributed by atoms with Crippen molar-refractivity contribution in [1.29, 1.82) is 0 Å². The Kier molecular flexibility index (Phi) is 7.45. The van der Waals surface area contributed by atoms with Crippen LogP contribution in [0.5, 0.6) is 5.75 Å². The smallest absolute Gasteiger partial charge is 0.443 e. The number of alkyl halides is 6. The minimum absolute atomic E-state index is 0.250. The number of ether oxygens (including phenoxy) is 1. The lowest BCUT2D eigenvalue weighted by Gasteiger charge is -2.35. The van der Waals surface area contributed by atoms with Crippen LogP contribution in [0.3, 0.4) is 0 Å². The number of aromatic nitrogens is 4. The average molecular weight is 567 g/mol. The normalized spacial score (nSPS) is 15.0. The molecule has 1 aliphatic heterocycles. The standard InChI is InChI=1S/C26H24F6N6O2/c1-17-12-21(24-34-22(15-39-24)19-2-4-20(5-3-19)40-26(30,31)32)35-38(17)14-18-6-7-33-23(13-18)37-10-8-36(9-11-37)16-25(27,28)29/h2-7,12-13,15H,8-11,14,16H2,1H3. The number of rotatable bonds is 7. The number of anilines is 1. The molecule has 0 spiro atoms. The molecule has 4 aromatic rings. The molecule has 0 radical (unpaired) electrons. The van der Waals surface area contributed by atoms with Crippen LogP contribution in [-0.2, 0) is 6.54 Å². The van der Waals surface area contributed by atoms with E-state index in [2.05, 4.69) is 19.8 Å². The van der Waals surface area contributed by atoms with Crippen molar-refractivity contribution in [2.75, 3.05) is 37.6 Å². The van der Waals surface area contributed by atoms with Crippen molar-refractivity contribution >= 4 is 5.82 Å². The minimum Gasteiger partial charge on any atom is -0.443 e. The number of nitrogens with zero attached hydrogens (tertiary/aromatic N) is 6. The summed E-state index contributed by atoms with van der Waals surface area (Å²) in [6.07, 6.45) is -5.93. The molecule has 0 N–H and O–H groups in total. The van der Waals surface area contributed by atoms with Crippen LogP contribution >= 0.6 is 0 Å². The number of pyridine rings is 1. The lowest BCUT2D eigenvalue weighted by atomic mass is 10.2. The monoisotopic (exact) mass is 566 g/mol. The van der Waals surface area contributed by atoms with Gasteiger partial charge in [0.05, 0.1) is 13.1 Å². The topological polar surface area (TPSA) is 72.4 Å². The molecule has 1 aliphatic rings. The van der Waals surface area contributed by atoms with Crippen molar-refractivity contribution in [3.63, 3.8) is 0 Å². The second-order valence-electron chi connectivity index (χ2n) is 9.34. The summed E-state index contributed by atoms with van der Waals surface area (Å²) in [5.74, 6) is 0.607.